The number of anilines is 1. The molecule has 1 aromatic rings. The van der Waals surface area contributed by atoms with Crippen LogP contribution in [0.25, 0.3) is 0 Å². The number of carbonyl (C=O) groups excluding carboxylic acids is 2. The summed E-state index contributed by atoms with van der Waals surface area (Å²) in [4.78, 5) is 25.6. The van der Waals surface area contributed by atoms with Gasteiger partial charge in [-0.25, -0.2) is 4.39 Å². The lowest BCUT2D eigenvalue weighted by molar-refractivity contribution is -0.114. The number of nitrogens with zero attached hydrogens (tertiary/aromatic N) is 1. The molecule has 0 bridgehead atoms. The van der Waals surface area contributed by atoms with Crippen LogP contribution in [0.5, 0.6) is 0 Å². The van der Waals surface area contributed by atoms with E-state index < -0.39 is 17.5 Å². The summed E-state index contributed by atoms with van der Waals surface area (Å²) in [6, 6.07) is 2.52. The summed E-state index contributed by atoms with van der Waals surface area (Å²) in [6.07, 6.45) is 4.11. The molecule has 1 aliphatic heterocycles. The Labute approximate surface area is 135 Å². The molecule has 1 fully saturated rings. The van der Waals surface area contributed by atoms with E-state index in [0.29, 0.717) is 6.54 Å². The summed E-state index contributed by atoms with van der Waals surface area (Å²) < 4.78 is 14.2. The second kappa shape index (κ2) is 5.36. The van der Waals surface area contributed by atoms with Crippen LogP contribution in [0.1, 0.15) is 36.0 Å². The number of halogens is 3. The zero-order valence-electron chi connectivity index (χ0n) is 11.3. The first-order valence-corrected chi connectivity index (χ1v) is 8.39. The van der Waals surface area contributed by atoms with Gasteiger partial charge in [0.25, 0.3) is 11.7 Å². The number of Topliss-reactive ketones (excluding diaryl/α,β-unsaturated/α-hetero) is 1. The first-order valence-electron chi connectivity index (χ1n) is 6.89. The van der Waals surface area contributed by atoms with Crippen LogP contribution in [-0.2, 0) is 4.79 Å². The predicted molar refractivity (Wildman–Crippen MR) is 82.8 cm³/mol. The first kappa shape index (κ1) is 15.0. The SMILES string of the molecule is O=C1C(=O)N(CC2(CBr)CCCC2)c2c(F)ccc(Cl)c21. The third kappa shape index (κ3) is 2.30. The Bertz CT molecular complexity index is 628. The lowest BCUT2D eigenvalue weighted by Crippen LogP contribution is -2.40. The van der Waals surface area contributed by atoms with Crippen LogP contribution < -0.4 is 4.90 Å². The van der Waals surface area contributed by atoms with Crippen molar-refractivity contribution in [1.82, 2.24) is 0 Å². The Morgan fingerprint density at radius 3 is 2.57 bits per heavy atom. The topological polar surface area (TPSA) is 37.4 Å². The molecule has 0 radical (unpaired) electrons. The van der Waals surface area contributed by atoms with Crippen molar-refractivity contribution in [1.29, 1.82) is 0 Å². The van der Waals surface area contributed by atoms with Gasteiger partial charge in [0.05, 0.1) is 16.3 Å². The van der Waals surface area contributed by atoms with Crippen molar-refractivity contribution in [3.63, 3.8) is 0 Å². The molecule has 1 aromatic carbocycles. The Balaban J connectivity index is 2.04. The molecule has 0 N–H and O–H groups in total. The molecule has 0 spiro atoms. The van der Waals surface area contributed by atoms with Gasteiger partial charge in [-0.3, -0.25) is 9.59 Å². The minimum atomic E-state index is -0.711. The van der Waals surface area contributed by atoms with Gasteiger partial charge in [-0.05, 0) is 30.4 Å². The van der Waals surface area contributed by atoms with Crippen LogP contribution in [0.2, 0.25) is 5.02 Å². The first-order chi connectivity index (χ1) is 9.99. The number of hydrogen-bond acceptors (Lipinski definition) is 2. The molecule has 6 heteroatoms. The minimum absolute atomic E-state index is 0.00406. The quantitative estimate of drug-likeness (QED) is 0.593. The fourth-order valence-corrected chi connectivity index (χ4v) is 4.27. The lowest BCUT2D eigenvalue weighted by Gasteiger charge is -2.31. The Kier molecular flexibility index (Phi) is 3.82. The Morgan fingerprint density at radius 2 is 1.95 bits per heavy atom. The van der Waals surface area contributed by atoms with Crippen LogP contribution in [0.4, 0.5) is 10.1 Å². The normalized spacial score (nSPS) is 20.2. The summed E-state index contributed by atoms with van der Waals surface area (Å²) in [7, 11) is 0. The minimum Gasteiger partial charge on any atom is -0.301 e. The van der Waals surface area contributed by atoms with Gasteiger partial charge < -0.3 is 4.90 Å². The number of rotatable bonds is 3. The van der Waals surface area contributed by atoms with E-state index in [9.17, 15) is 14.0 Å². The molecule has 3 rings (SSSR count). The predicted octanol–water partition coefficient (Wildman–Crippen LogP) is 3.96. The van der Waals surface area contributed by atoms with Gasteiger partial charge >= 0.3 is 0 Å². The maximum atomic E-state index is 14.2. The highest BCUT2D eigenvalue weighted by molar-refractivity contribution is 9.09. The molecule has 0 saturated heterocycles. The van der Waals surface area contributed by atoms with Gasteiger partial charge in [0.2, 0.25) is 0 Å². The van der Waals surface area contributed by atoms with Gasteiger partial charge in [-0.2, -0.15) is 0 Å². The van der Waals surface area contributed by atoms with E-state index >= 15 is 0 Å². The lowest BCUT2D eigenvalue weighted by atomic mass is 9.88. The molecule has 0 aromatic heterocycles. The molecular formula is C15H14BrClFNO2. The average Bonchev–Trinajstić information content (AvgIpc) is 3.03. The monoisotopic (exact) mass is 373 g/mol. The third-order valence-corrected chi connectivity index (χ3v) is 5.96. The van der Waals surface area contributed by atoms with E-state index in [1.807, 2.05) is 0 Å². The molecule has 0 atom stereocenters. The van der Waals surface area contributed by atoms with Gasteiger partial charge in [-0.1, -0.05) is 40.4 Å². The summed E-state index contributed by atoms with van der Waals surface area (Å²) in [5.74, 6) is -1.96. The fourth-order valence-electron chi connectivity index (χ4n) is 3.30. The fraction of sp³-hybridized carbons (Fsp3) is 0.467. The zero-order valence-corrected chi connectivity index (χ0v) is 13.6. The van der Waals surface area contributed by atoms with Crippen LogP contribution in [-0.4, -0.2) is 23.6 Å². The zero-order chi connectivity index (χ0) is 15.2. The number of carbonyl (C=O) groups is 2. The Morgan fingerprint density at radius 1 is 1.29 bits per heavy atom. The van der Waals surface area contributed by atoms with E-state index in [-0.39, 0.29) is 21.7 Å². The second-order valence-corrected chi connectivity index (χ2v) is 6.78. The second-order valence-electron chi connectivity index (χ2n) is 5.81. The van der Waals surface area contributed by atoms with Crippen molar-refractivity contribution in [2.45, 2.75) is 25.7 Å². The average molecular weight is 375 g/mol. The number of amides is 1. The van der Waals surface area contributed by atoms with Crippen molar-refractivity contribution in [3.8, 4) is 0 Å². The standard InChI is InChI=1S/C15H14BrClFNO2/c16-7-15(5-1-2-6-15)8-19-12-10(18)4-3-9(17)11(12)13(20)14(19)21/h3-4H,1-2,5-8H2. The number of alkyl halides is 1. The molecule has 0 unspecified atom stereocenters. The highest BCUT2D eigenvalue weighted by Crippen LogP contribution is 2.44. The molecule has 1 amide bonds. The molecular weight excluding hydrogens is 361 g/mol. The number of hydrogen-bond donors (Lipinski definition) is 0. The van der Waals surface area contributed by atoms with Crippen LogP contribution >= 0.6 is 27.5 Å². The smallest absolute Gasteiger partial charge is 0.299 e. The highest BCUT2D eigenvalue weighted by Gasteiger charge is 2.44. The van der Waals surface area contributed by atoms with Crippen molar-refractivity contribution in [2.24, 2.45) is 5.41 Å². The number of ketones is 1. The molecule has 3 nitrogen and oxygen atoms in total. The summed E-state index contributed by atoms with van der Waals surface area (Å²) in [5.41, 5.74) is -0.0409. The molecule has 21 heavy (non-hydrogen) atoms. The van der Waals surface area contributed by atoms with Gasteiger partial charge in [0.1, 0.15) is 5.82 Å². The summed E-state index contributed by atoms with van der Waals surface area (Å²) in [5, 5.41) is 0.863. The maximum Gasteiger partial charge on any atom is 0.299 e. The van der Waals surface area contributed by atoms with Crippen molar-refractivity contribution < 1.29 is 14.0 Å². The van der Waals surface area contributed by atoms with Gasteiger partial charge in [-0.15, -0.1) is 0 Å². The molecule has 1 saturated carbocycles. The summed E-state index contributed by atoms with van der Waals surface area (Å²) >= 11 is 9.48. The largest absolute Gasteiger partial charge is 0.301 e. The number of benzene rings is 1. The molecule has 1 heterocycles. The maximum absolute atomic E-state index is 14.2. The highest BCUT2D eigenvalue weighted by atomic mass is 79.9. The van der Waals surface area contributed by atoms with E-state index in [1.54, 1.807) is 0 Å². The van der Waals surface area contributed by atoms with E-state index in [2.05, 4.69) is 15.9 Å². The van der Waals surface area contributed by atoms with Gasteiger partial charge in [0.15, 0.2) is 0 Å². The van der Waals surface area contributed by atoms with E-state index in [4.69, 9.17) is 11.6 Å². The van der Waals surface area contributed by atoms with Crippen LogP contribution in [0.3, 0.4) is 0 Å². The third-order valence-electron chi connectivity index (χ3n) is 4.46. The van der Waals surface area contributed by atoms with Crippen molar-refractivity contribution in [3.05, 3.63) is 28.5 Å². The van der Waals surface area contributed by atoms with E-state index in [0.717, 1.165) is 31.0 Å². The molecule has 1 aliphatic carbocycles. The van der Waals surface area contributed by atoms with Gasteiger partial charge in [0, 0.05) is 11.9 Å². The van der Waals surface area contributed by atoms with Crippen LogP contribution in [0, 0.1) is 11.2 Å². The van der Waals surface area contributed by atoms with Crippen molar-refractivity contribution in [2.75, 3.05) is 16.8 Å². The molecule has 2 aliphatic rings. The van der Waals surface area contributed by atoms with Crippen LogP contribution in [0.15, 0.2) is 12.1 Å². The Hall–Kier alpha value is -0.940. The summed E-state index contributed by atoms with van der Waals surface area (Å²) in [6.45, 7) is 0.354. The number of fused-ring (bicyclic) bond motifs is 1. The van der Waals surface area contributed by atoms with Crippen molar-refractivity contribution >= 4 is 44.9 Å². The van der Waals surface area contributed by atoms with E-state index in [1.165, 1.54) is 17.0 Å². The molecule has 112 valence electrons.